The lowest BCUT2D eigenvalue weighted by Crippen LogP contribution is -2.13. The number of ketones is 1. The molecular formula is C22H23O2Si+. The van der Waals surface area contributed by atoms with Crippen LogP contribution in [0, 0.1) is 0 Å². The number of hydrogen-bond donors (Lipinski definition) is 0. The van der Waals surface area contributed by atoms with E-state index < -0.39 is 0 Å². The second-order valence-electron chi connectivity index (χ2n) is 7.18. The Kier molecular flexibility index (Phi) is 5.05. The van der Waals surface area contributed by atoms with Gasteiger partial charge in [-0.2, -0.15) is 0 Å². The minimum atomic E-state index is -0.0242. The molecule has 2 aromatic carbocycles. The largest absolute Gasteiger partial charge is 1.03 e. The number of carbonyl (C=O) groups excluding carboxylic acids is 1. The van der Waals surface area contributed by atoms with Gasteiger partial charge in [-0.15, -0.1) is 6.58 Å². The van der Waals surface area contributed by atoms with E-state index in [1.54, 1.807) is 0 Å². The van der Waals surface area contributed by atoms with Gasteiger partial charge in [-0.3, -0.25) is 0 Å². The maximum absolute atomic E-state index is 5.74. The van der Waals surface area contributed by atoms with Gasteiger partial charge in [0.25, 0.3) is 0 Å². The first-order valence-electron chi connectivity index (χ1n) is 8.46. The van der Waals surface area contributed by atoms with Crippen LogP contribution in [0.2, 0.25) is 0 Å². The van der Waals surface area contributed by atoms with Crippen molar-refractivity contribution < 1.29 is 8.54 Å². The average molecular weight is 348 g/mol. The number of rotatable bonds is 4. The van der Waals surface area contributed by atoms with Gasteiger partial charge in [0.2, 0.25) is 0 Å². The Labute approximate surface area is 152 Å². The third kappa shape index (κ3) is 4.17. The summed E-state index contributed by atoms with van der Waals surface area (Å²) in [7, 11) is -0.0242. The van der Waals surface area contributed by atoms with Crippen LogP contribution in [0.15, 0.2) is 67.3 Å². The topological polar surface area (TPSA) is 20.5 Å². The molecule has 0 aliphatic carbocycles. The van der Waals surface area contributed by atoms with Crippen LogP contribution in [-0.2, 0) is 16.3 Å². The van der Waals surface area contributed by atoms with Crippen LogP contribution in [0.4, 0.5) is 0 Å². The van der Waals surface area contributed by atoms with Crippen LogP contribution in [-0.4, -0.2) is 15.8 Å². The van der Waals surface area contributed by atoms with Gasteiger partial charge in [0.15, 0.2) is 0 Å². The second-order valence-corrected chi connectivity index (χ2v) is 7.75. The van der Waals surface area contributed by atoms with Gasteiger partial charge < -0.3 is 8.54 Å². The van der Waals surface area contributed by atoms with E-state index in [4.69, 9.17) is 8.54 Å². The van der Waals surface area contributed by atoms with Crippen LogP contribution >= 0.6 is 0 Å². The standard InChI is InChI=1S/C22H23O2Si/c1-5-6-16-7-9-17(10-8-16)20-15-21(24-25-23-20)18-11-13-19(14-12-18)22(2,3)4/h5,7-15H,1,6H2,2-4H3/q+1. The average Bonchev–Trinajstić information content (AvgIpc) is 2.62. The summed E-state index contributed by atoms with van der Waals surface area (Å²) in [5, 5.41) is 0. The highest BCUT2D eigenvalue weighted by Crippen LogP contribution is 2.24. The maximum Gasteiger partial charge on any atom is 1.03 e. The minimum Gasteiger partial charge on any atom is -0.460 e. The van der Waals surface area contributed by atoms with E-state index in [1.807, 2.05) is 12.2 Å². The fraction of sp³-hybridized carbons (Fsp3) is 0.227. The molecule has 0 spiro atoms. The van der Waals surface area contributed by atoms with Crippen molar-refractivity contribution >= 4 is 21.5 Å². The Morgan fingerprint density at radius 1 is 1.00 bits per heavy atom. The first kappa shape index (κ1) is 17.4. The molecule has 0 saturated carbocycles. The smallest absolute Gasteiger partial charge is 0.460 e. The lowest BCUT2D eigenvalue weighted by molar-refractivity contribution is -0.101. The van der Waals surface area contributed by atoms with Crippen LogP contribution in [0.1, 0.15) is 47.1 Å². The first-order chi connectivity index (χ1) is 12.0. The lowest BCUT2D eigenvalue weighted by Gasteiger charge is -2.18. The Morgan fingerprint density at radius 2 is 1.64 bits per heavy atom. The fourth-order valence-electron chi connectivity index (χ4n) is 2.68. The van der Waals surface area contributed by atoms with Crippen molar-refractivity contribution in [1.29, 1.82) is 0 Å². The van der Waals surface area contributed by atoms with E-state index in [2.05, 4.69) is 75.9 Å². The molecule has 2 aromatic rings. The molecule has 0 unspecified atom stereocenters. The maximum atomic E-state index is 5.74. The van der Waals surface area contributed by atoms with E-state index in [-0.39, 0.29) is 15.4 Å². The SMILES string of the molecule is C=CCc1ccc(C2=CC(c3ccc(C(C)(C)C)cc3)=[O+][Si]O2)cc1. The molecule has 0 saturated heterocycles. The van der Waals surface area contributed by atoms with Crippen molar-refractivity contribution in [3.05, 3.63) is 89.5 Å². The summed E-state index contributed by atoms with van der Waals surface area (Å²) in [6.07, 6.45) is 4.77. The van der Waals surface area contributed by atoms with Gasteiger partial charge in [0.1, 0.15) is 5.76 Å². The molecule has 0 aromatic heterocycles. The van der Waals surface area contributed by atoms with Gasteiger partial charge in [-0.1, -0.05) is 63.2 Å². The van der Waals surface area contributed by atoms with Crippen LogP contribution < -0.4 is 0 Å². The zero-order valence-corrected chi connectivity index (χ0v) is 16.0. The zero-order chi connectivity index (χ0) is 17.9. The summed E-state index contributed by atoms with van der Waals surface area (Å²) in [6.45, 7) is 10.4. The zero-order valence-electron chi connectivity index (χ0n) is 15.0. The molecule has 0 atom stereocenters. The molecule has 2 radical (unpaired) electrons. The molecule has 1 aliphatic rings. The minimum absolute atomic E-state index is 0.0242. The van der Waals surface area contributed by atoms with Gasteiger partial charge >= 0.3 is 15.8 Å². The molecule has 1 aliphatic heterocycles. The van der Waals surface area contributed by atoms with Crippen molar-refractivity contribution in [2.24, 2.45) is 0 Å². The van der Waals surface area contributed by atoms with E-state index in [0.717, 1.165) is 29.1 Å². The second kappa shape index (κ2) is 7.24. The Bertz CT molecular complexity index is 807. The van der Waals surface area contributed by atoms with Gasteiger partial charge in [-0.05, 0) is 35.1 Å². The lowest BCUT2D eigenvalue weighted by atomic mass is 9.86. The number of benzene rings is 2. The molecule has 0 N–H and O–H groups in total. The molecule has 126 valence electrons. The first-order valence-corrected chi connectivity index (χ1v) is 9.27. The van der Waals surface area contributed by atoms with Gasteiger partial charge in [0, 0.05) is 5.56 Å². The molecule has 0 fully saturated rings. The summed E-state index contributed by atoms with van der Waals surface area (Å²) in [6, 6.07) is 17.0. The summed E-state index contributed by atoms with van der Waals surface area (Å²) < 4.78 is 11.5. The van der Waals surface area contributed by atoms with Crippen LogP contribution in [0.25, 0.3) is 5.76 Å². The summed E-state index contributed by atoms with van der Waals surface area (Å²) in [5.41, 5.74) is 4.84. The highest BCUT2D eigenvalue weighted by atomic mass is 28.2. The summed E-state index contributed by atoms with van der Waals surface area (Å²) in [4.78, 5) is 0. The highest BCUT2D eigenvalue weighted by molar-refractivity contribution is 6.25. The Balaban J connectivity index is 1.84. The monoisotopic (exact) mass is 347 g/mol. The van der Waals surface area contributed by atoms with Crippen LogP contribution in [0.3, 0.4) is 0 Å². The third-order valence-electron chi connectivity index (χ3n) is 4.22. The van der Waals surface area contributed by atoms with Crippen molar-refractivity contribution in [2.75, 3.05) is 0 Å². The molecular weight excluding hydrogens is 324 g/mol. The number of hydrogen-bond acceptors (Lipinski definition) is 1. The predicted molar refractivity (Wildman–Crippen MR) is 105 cm³/mol. The van der Waals surface area contributed by atoms with E-state index in [0.29, 0.717) is 0 Å². The number of allylic oxidation sites excluding steroid dienone is 2. The Hall–Kier alpha value is -2.39. The molecule has 0 amide bonds. The molecule has 1 heterocycles. The molecule has 2 nitrogen and oxygen atoms in total. The molecule has 3 rings (SSSR count). The van der Waals surface area contributed by atoms with E-state index in [1.165, 1.54) is 11.1 Å². The van der Waals surface area contributed by atoms with Gasteiger partial charge in [0.05, 0.1) is 11.6 Å². The van der Waals surface area contributed by atoms with E-state index >= 15 is 0 Å². The van der Waals surface area contributed by atoms with Crippen molar-refractivity contribution in [3.8, 4) is 0 Å². The summed E-state index contributed by atoms with van der Waals surface area (Å²) in [5.74, 6) is 1.71. The highest BCUT2D eigenvalue weighted by Gasteiger charge is 2.28. The summed E-state index contributed by atoms with van der Waals surface area (Å²) >= 11 is 0. The quantitative estimate of drug-likeness (QED) is 0.431. The molecule has 0 bridgehead atoms. The van der Waals surface area contributed by atoms with Crippen molar-refractivity contribution in [2.45, 2.75) is 32.6 Å². The normalized spacial score (nSPS) is 14.4. The fourth-order valence-corrected chi connectivity index (χ4v) is 3.25. The van der Waals surface area contributed by atoms with E-state index in [9.17, 15) is 0 Å². The predicted octanol–water partition coefficient (Wildman–Crippen LogP) is 5.04. The molecule has 3 heteroatoms. The van der Waals surface area contributed by atoms with Crippen molar-refractivity contribution in [3.63, 3.8) is 0 Å². The molecule has 25 heavy (non-hydrogen) atoms. The van der Waals surface area contributed by atoms with Gasteiger partial charge in [-0.25, -0.2) is 0 Å². The Morgan fingerprint density at radius 3 is 2.24 bits per heavy atom. The van der Waals surface area contributed by atoms with Crippen molar-refractivity contribution in [1.82, 2.24) is 0 Å². The van der Waals surface area contributed by atoms with Crippen LogP contribution in [0.5, 0.6) is 0 Å². The third-order valence-corrected chi connectivity index (χ3v) is 4.83.